The summed E-state index contributed by atoms with van der Waals surface area (Å²) in [4.78, 5) is 13.4. The molecule has 0 aliphatic rings. The molecule has 0 fully saturated rings. The highest BCUT2D eigenvalue weighted by atomic mass is 79.9. The third-order valence-corrected chi connectivity index (χ3v) is 6.10. The molecule has 0 bridgehead atoms. The van der Waals surface area contributed by atoms with Crippen LogP contribution in [0.2, 0.25) is 0 Å². The number of thiophene rings is 1. The first-order valence-electron chi connectivity index (χ1n) is 5.90. The summed E-state index contributed by atoms with van der Waals surface area (Å²) < 4.78 is 1.87. The van der Waals surface area contributed by atoms with Gasteiger partial charge in [0.05, 0.1) is 8.66 Å². The maximum Gasteiger partial charge on any atom is 0.203 e. The van der Waals surface area contributed by atoms with Crippen LogP contribution in [0.15, 0.2) is 38.6 Å². The third kappa shape index (κ3) is 3.18. The number of halogens is 2. The van der Waals surface area contributed by atoms with Crippen LogP contribution in [0.1, 0.15) is 41.6 Å². The second-order valence-corrected chi connectivity index (χ2v) is 8.58. The Hall–Kier alpha value is -0.450. The summed E-state index contributed by atoms with van der Waals surface area (Å²) in [6, 6.07) is 9.71. The van der Waals surface area contributed by atoms with E-state index in [-0.39, 0.29) is 11.2 Å². The topological polar surface area (TPSA) is 17.1 Å². The summed E-state index contributed by atoms with van der Waals surface area (Å²) in [5.74, 6) is 0.0851. The maximum atomic E-state index is 12.6. The van der Waals surface area contributed by atoms with Gasteiger partial charge in [0.15, 0.2) is 0 Å². The molecule has 0 spiro atoms. The highest BCUT2D eigenvalue weighted by molar-refractivity contribution is 9.13. The molecule has 0 aliphatic heterocycles. The van der Waals surface area contributed by atoms with Gasteiger partial charge in [-0.05, 0) is 48.9 Å². The second kappa shape index (κ2) is 5.51. The molecule has 0 saturated heterocycles. The number of hydrogen-bond acceptors (Lipinski definition) is 2. The Balaban J connectivity index is 2.51. The molecule has 0 unspecified atom stereocenters. The zero-order valence-corrected chi connectivity index (χ0v) is 14.9. The fourth-order valence-corrected chi connectivity index (χ4v) is 3.92. The smallest absolute Gasteiger partial charge is 0.203 e. The molecule has 2 aromatic rings. The van der Waals surface area contributed by atoms with E-state index in [1.807, 2.05) is 30.3 Å². The van der Waals surface area contributed by atoms with Crippen LogP contribution in [-0.2, 0) is 5.41 Å². The molecule has 0 aliphatic carbocycles. The van der Waals surface area contributed by atoms with E-state index in [1.54, 1.807) is 0 Å². The molecular formula is C15H14Br2OS. The van der Waals surface area contributed by atoms with Crippen LogP contribution in [0.4, 0.5) is 0 Å². The molecule has 2 rings (SSSR count). The van der Waals surface area contributed by atoms with Gasteiger partial charge in [-0.2, -0.15) is 0 Å². The van der Waals surface area contributed by atoms with Crippen molar-refractivity contribution in [2.45, 2.75) is 26.2 Å². The summed E-state index contributed by atoms with van der Waals surface area (Å²) in [5.41, 5.74) is 1.83. The van der Waals surface area contributed by atoms with Crippen molar-refractivity contribution in [3.63, 3.8) is 0 Å². The van der Waals surface area contributed by atoms with Crippen molar-refractivity contribution in [2.24, 2.45) is 0 Å². The van der Waals surface area contributed by atoms with Gasteiger partial charge in [-0.1, -0.05) is 45.0 Å². The van der Waals surface area contributed by atoms with Gasteiger partial charge in [0, 0.05) is 10.0 Å². The lowest BCUT2D eigenvalue weighted by atomic mass is 9.82. The van der Waals surface area contributed by atoms with E-state index < -0.39 is 0 Å². The van der Waals surface area contributed by atoms with Gasteiger partial charge in [-0.3, -0.25) is 4.79 Å². The lowest BCUT2D eigenvalue weighted by Crippen LogP contribution is -2.16. The largest absolute Gasteiger partial charge is 0.288 e. The second-order valence-electron chi connectivity index (χ2n) is 5.36. The van der Waals surface area contributed by atoms with E-state index in [2.05, 4.69) is 52.6 Å². The van der Waals surface area contributed by atoms with Gasteiger partial charge in [0.1, 0.15) is 0 Å². The van der Waals surface area contributed by atoms with E-state index in [0.29, 0.717) is 0 Å². The Morgan fingerprint density at radius 2 is 1.79 bits per heavy atom. The summed E-state index contributed by atoms with van der Waals surface area (Å²) in [5, 5.41) is 0. The van der Waals surface area contributed by atoms with Gasteiger partial charge in [-0.25, -0.2) is 0 Å². The van der Waals surface area contributed by atoms with E-state index in [0.717, 1.165) is 24.3 Å². The lowest BCUT2D eigenvalue weighted by molar-refractivity contribution is 0.104. The van der Waals surface area contributed by atoms with Gasteiger partial charge < -0.3 is 0 Å². The van der Waals surface area contributed by atoms with Crippen molar-refractivity contribution in [3.8, 4) is 0 Å². The first-order valence-corrected chi connectivity index (χ1v) is 8.30. The van der Waals surface area contributed by atoms with E-state index in [1.165, 1.54) is 11.3 Å². The Bertz CT molecular complexity index is 604. The normalized spacial score (nSPS) is 11.6. The summed E-state index contributed by atoms with van der Waals surface area (Å²) in [6.07, 6.45) is 0. The van der Waals surface area contributed by atoms with Crippen LogP contribution in [0, 0.1) is 0 Å². The van der Waals surface area contributed by atoms with Crippen molar-refractivity contribution in [1.82, 2.24) is 0 Å². The van der Waals surface area contributed by atoms with E-state index >= 15 is 0 Å². The number of hydrogen-bond donors (Lipinski definition) is 0. The highest BCUT2D eigenvalue weighted by Crippen LogP contribution is 2.35. The molecular weight excluding hydrogens is 388 g/mol. The molecule has 1 nitrogen and oxygen atoms in total. The number of rotatable bonds is 2. The van der Waals surface area contributed by atoms with Gasteiger partial charge >= 0.3 is 0 Å². The Kier molecular flexibility index (Phi) is 4.33. The SMILES string of the molecule is CC(C)(C)c1ccccc1C(=O)c1cc(Br)c(Br)s1. The minimum Gasteiger partial charge on any atom is -0.288 e. The predicted molar refractivity (Wildman–Crippen MR) is 88.3 cm³/mol. The fourth-order valence-electron chi connectivity index (χ4n) is 1.93. The predicted octanol–water partition coefficient (Wildman–Crippen LogP) is 5.80. The first-order chi connectivity index (χ1) is 8.80. The number of carbonyl (C=O) groups is 1. The highest BCUT2D eigenvalue weighted by Gasteiger charge is 2.23. The van der Waals surface area contributed by atoms with Crippen molar-refractivity contribution < 1.29 is 4.79 Å². The molecule has 0 amide bonds. The molecule has 1 heterocycles. The van der Waals surface area contributed by atoms with E-state index in [4.69, 9.17) is 0 Å². The van der Waals surface area contributed by atoms with Gasteiger partial charge in [0.25, 0.3) is 0 Å². The van der Waals surface area contributed by atoms with Crippen molar-refractivity contribution >= 4 is 49.0 Å². The zero-order chi connectivity index (χ0) is 14.2. The van der Waals surface area contributed by atoms with Crippen LogP contribution in [-0.4, -0.2) is 5.78 Å². The summed E-state index contributed by atoms with van der Waals surface area (Å²) >= 11 is 8.32. The molecule has 19 heavy (non-hydrogen) atoms. The monoisotopic (exact) mass is 400 g/mol. The van der Waals surface area contributed by atoms with E-state index in [9.17, 15) is 4.79 Å². The molecule has 1 aromatic heterocycles. The quantitative estimate of drug-likeness (QED) is 0.581. The minimum atomic E-state index is -0.0437. The van der Waals surface area contributed by atoms with Crippen molar-refractivity contribution in [3.05, 3.63) is 54.6 Å². The van der Waals surface area contributed by atoms with Crippen molar-refractivity contribution in [1.29, 1.82) is 0 Å². The minimum absolute atomic E-state index is 0.0437. The Labute approximate surface area is 134 Å². The average Bonchev–Trinajstić information content (AvgIpc) is 2.68. The molecule has 0 atom stereocenters. The molecule has 100 valence electrons. The molecule has 4 heteroatoms. The average molecular weight is 402 g/mol. The number of benzene rings is 1. The lowest BCUT2D eigenvalue weighted by Gasteiger charge is -2.21. The molecule has 0 saturated carbocycles. The van der Waals surface area contributed by atoms with Gasteiger partial charge in [-0.15, -0.1) is 11.3 Å². The first kappa shape index (κ1) is 14.9. The fraction of sp³-hybridized carbons (Fsp3) is 0.267. The summed E-state index contributed by atoms with van der Waals surface area (Å²) in [6.45, 7) is 6.37. The Morgan fingerprint density at radius 3 is 2.32 bits per heavy atom. The molecule has 0 N–H and O–H groups in total. The molecule has 0 radical (unpaired) electrons. The number of carbonyl (C=O) groups excluding carboxylic acids is 1. The van der Waals surface area contributed by atoms with Gasteiger partial charge in [0.2, 0.25) is 5.78 Å². The van der Waals surface area contributed by atoms with Crippen LogP contribution < -0.4 is 0 Å². The standard InChI is InChI=1S/C15H14Br2OS/c1-15(2,3)10-7-5-4-6-9(10)13(18)12-8-11(16)14(17)19-12/h4-8H,1-3H3. The zero-order valence-electron chi connectivity index (χ0n) is 11.0. The van der Waals surface area contributed by atoms with Crippen LogP contribution in [0.5, 0.6) is 0 Å². The van der Waals surface area contributed by atoms with Crippen LogP contribution >= 0.6 is 43.2 Å². The maximum absolute atomic E-state index is 12.6. The van der Waals surface area contributed by atoms with Crippen molar-refractivity contribution in [2.75, 3.05) is 0 Å². The Morgan fingerprint density at radius 1 is 1.16 bits per heavy atom. The van der Waals surface area contributed by atoms with Crippen LogP contribution in [0.25, 0.3) is 0 Å². The third-order valence-electron chi connectivity index (χ3n) is 2.85. The summed E-state index contributed by atoms with van der Waals surface area (Å²) in [7, 11) is 0. The van der Waals surface area contributed by atoms with Crippen LogP contribution in [0.3, 0.4) is 0 Å². The number of ketones is 1. The molecule has 1 aromatic carbocycles.